The smallest absolute Gasteiger partial charge is 0.246 e. The van der Waals surface area contributed by atoms with Gasteiger partial charge in [0.15, 0.2) is 31.5 Å². The lowest BCUT2D eigenvalue weighted by molar-refractivity contribution is -0.355. The van der Waals surface area contributed by atoms with Gasteiger partial charge in [-0.2, -0.15) is 0 Å². The van der Waals surface area contributed by atoms with E-state index in [0.29, 0.717) is 44.1 Å². The molecule has 6 fully saturated rings. The summed E-state index contributed by atoms with van der Waals surface area (Å²) in [4.78, 5) is 83.0. The number of hydrogen-bond acceptors (Lipinski definition) is 38. The molecule has 6 heterocycles. The summed E-state index contributed by atoms with van der Waals surface area (Å²) in [6.45, 7) is 7.10. The number of ether oxygens (including phenoxy) is 13. The number of thiocarbonyl (C=S) groups is 1. The van der Waals surface area contributed by atoms with Crippen LogP contribution >= 0.6 is 12.2 Å². The molecule has 7 rings (SSSR count). The highest BCUT2D eigenvalue weighted by Gasteiger charge is 2.54. The third kappa shape index (κ3) is 30.4. The second kappa shape index (κ2) is 46.1. The van der Waals surface area contributed by atoms with Gasteiger partial charge < -0.3 is 173 Å². The van der Waals surface area contributed by atoms with E-state index >= 15 is 0 Å². The van der Waals surface area contributed by atoms with Crippen molar-refractivity contribution in [1.29, 1.82) is 0 Å². The van der Waals surface area contributed by atoms with Crippen LogP contribution in [0.25, 0.3) is 0 Å². The zero-order chi connectivity index (χ0) is 85.6. The molecule has 0 aromatic heterocycles. The summed E-state index contributed by atoms with van der Waals surface area (Å²) in [5.41, 5.74) is 28.1. The Morgan fingerprint density at radius 2 is 0.776 bits per heavy atom. The van der Waals surface area contributed by atoms with Crippen molar-refractivity contribution in [2.24, 2.45) is 28.7 Å². The third-order valence-electron chi connectivity index (χ3n) is 19.7. The summed E-state index contributed by atoms with van der Waals surface area (Å²) in [5.74, 6) is -3.79. The van der Waals surface area contributed by atoms with Gasteiger partial charge in [0.2, 0.25) is 35.4 Å². The van der Waals surface area contributed by atoms with Crippen molar-refractivity contribution in [3.8, 4) is 0 Å². The molecule has 1 aromatic rings. The van der Waals surface area contributed by atoms with Gasteiger partial charge in [0, 0.05) is 84.5 Å². The third-order valence-corrected chi connectivity index (χ3v) is 20.0. The minimum Gasteiger partial charge on any atom is -0.387 e. The van der Waals surface area contributed by atoms with Gasteiger partial charge in [-0.15, -0.1) is 0 Å². The van der Waals surface area contributed by atoms with E-state index in [1.54, 1.807) is 41.5 Å². The van der Waals surface area contributed by atoms with Crippen molar-refractivity contribution in [2.45, 2.75) is 225 Å². The maximum absolute atomic E-state index is 13.5. The Hall–Kier alpha value is -5.31. The number of amides is 6. The number of nitrogens with one attached hydrogen (secondary N) is 3. The van der Waals surface area contributed by atoms with Crippen LogP contribution in [0.2, 0.25) is 0 Å². The molecular formula is C71H122N12O32S. The van der Waals surface area contributed by atoms with E-state index in [9.17, 15) is 95.2 Å². The van der Waals surface area contributed by atoms with Crippen molar-refractivity contribution in [3.05, 3.63) is 35.4 Å². The molecule has 664 valence electrons. The van der Waals surface area contributed by atoms with Crippen LogP contribution in [-0.4, -0.2) is 442 Å². The molecule has 0 saturated carbocycles. The molecule has 45 heteroatoms. The number of hydrogen-bond donors (Lipinski definition) is 21. The van der Waals surface area contributed by atoms with Gasteiger partial charge in [-0.1, -0.05) is 36.5 Å². The first kappa shape index (κ1) is 97.8. The summed E-state index contributed by atoms with van der Waals surface area (Å²) < 4.78 is 76.3. The van der Waals surface area contributed by atoms with E-state index in [-0.39, 0.29) is 78.5 Å². The van der Waals surface area contributed by atoms with Gasteiger partial charge >= 0.3 is 0 Å². The highest BCUT2D eigenvalue weighted by atomic mass is 32.1. The number of benzene rings is 1. The molecule has 26 unspecified atom stereocenters. The van der Waals surface area contributed by atoms with E-state index in [1.807, 2.05) is 43.9 Å². The Balaban J connectivity index is 0.996. The molecule has 26 N–H and O–H groups in total. The predicted molar refractivity (Wildman–Crippen MR) is 402 cm³/mol. The number of aliphatic hydroxyl groups excluding tert-OH is 13. The van der Waals surface area contributed by atoms with Crippen LogP contribution in [0.4, 0.5) is 0 Å². The van der Waals surface area contributed by atoms with E-state index in [1.165, 1.54) is 0 Å². The predicted octanol–water partition coefficient (Wildman–Crippen LogP) is -12.8. The van der Waals surface area contributed by atoms with Crippen molar-refractivity contribution < 1.29 is 157 Å². The highest BCUT2D eigenvalue weighted by molar-refractivity contribution is 7.80. The summed E-state index contributed by atoms with van der Waals surface area (Å²) in [6, 6.07) is 7.05. The zero-order valence-corrected chi connectivity index (χ0v) is 66.8. The molecule has 6 saturated heterocycles. The van der Waals surface area contributed by atoms with E-state index in [4.69, 9.17) is 102 Å². The first-order valence-corrected chi connectivity index (χ1v) is 38.8. The minimum absolute atomic E-state index is 0.0376. The monoisotopic (exact) mass is 1690 g/mol. The molecule has 26 atom stereocenters. The molecule has 116 heavy (non-hydrogen) atoms. The Morgan fingerprint density at radius 1 is 0.422 bits per heavy atom. The lowest BCUT2D eigenvalue weighted by atomic mass is 9.97. The molecule has 1 aromatic carbocycles. The second-order valence-electron chi connectivity index (χ2n) is 31.4. The van der Waals surface area contributed by atoms with Gasteiger partial charge in [0.1, 0.15) is 135 Å². The first-order chi connectivity index (χ1) is 54.6. The molecule has 6 aliphatic heterocycles. The van der Waals surface area contributed by atoms with Gasteiger partial charge in [-0.05, 0) is 59.1 Å². The van der Waals surface area contributed by atoms with Crippen molar-refractivity contribution >= 4 is 52.6 Å². The number of carbonyl (C=O) groups is 6. The number of carbonyl (C=O) groups excluding carboxylic acids is 6. The van der Waals surface area contributed by atoms with E-state index < -0.39 is 246 Å². The highest BCUT2D eigenvalue weighted by Crippen LogP contribution is 2.33. The second-order valence-corrected chi connectivity index (χ2v) is 31.9. The number of aliphatic hydroxyl groups is 13. The lowest BCUT2D eigenvalue weighted by Crippen LogP contribution is -2.64. The van der Waals surface area contributed by atoms with Gasteiger partial charge in [0.05, 0.1) is 75.4 Å². The SMILES string of the molecule is CC(C)(C)OCC1OC(OCC2OC(OCC3OC(OCC4OC(OCC5OC(OC(C)(C)C)C(O)C(O)C5O)C(OCC(=O)NCCN)C(O)C4O)C(O)C(O)C3O)C(OCC(=O)NCCNC(=S)Cc3ccc(CC4CN(CC(N)=O)CCN(CC(N)=O)CCN(CC(N)=O)CCN4CC(N)=O)cc3)C(O)C2O)C(O)C(O)C1O. The lowest BCUT2D eigenvalue weighted by Gasteiger charge is -2.45. The van der Waals surface area contributed by atoms with Crippen LogP contribution in [0.15, 0.2) is 24.3 Å². The standard InChI is InChI=1S/C71H122N12O32S/c1-70(2,3)109-32-42-52(92)56(96)61(101)66(111-42)106-29-41-54(94)59(99)64(104-34-48(89)78-13-14-79-49(116)22-36-9-7-35(8-10-36)21-37-23-82(26-45(75)86)18-17-80(24-43(73)84)15-16-81(25-44(74)85)19-20-83(37)27-46(76)87)68(113-41)107-30-38-50(90)55(95)60(100)65(110-38)105-28-40-53(93)58(98)63(103-33-47(88)77-12-11-72)69(114-40)108-31-39-51(91)57(97)62(102)67(112-39)115-71(4,5)6/h7-10,37-42,50-69,90-102H,11-34,72H2,1-6H3,(H2,73,84)(H2,74,85)(H2,75,86)(H2,76,87)(H,77,88)(H,78,89)(H,79,116). The molecule has 6 amide bonds. The van der Waals surface area contributed by atoms with Crippen LogP contribution < -0.4 is 44.6 Å². The maximum Gasteiger partial charge on any atom is 0.246 e. The van der Waals surface area contributed by atoms with Gasteiger partial charge in [-0.3, -0.25) is 48.4 Å². The average Bonchev–Trinajstić information content (AvgIpc) is 0.794. The summed E-state index contributed by atoms with van der Waals surface area (Å²) >= 11 is 5.66. The Morgan fingerprint density at radius 3 is 1.20 bits per heavy atom. The fourth-order valence-corrected chi connectivity index (χ4v) is 13.8. The van der Waals surface area contributed by atoms with Crippen LogP contribution in [-0.2, 0) is 103 Å². The normalized spacial score (nSPS) is 34.6. The zero-order valence-electron chi connectivity index (χ0n) is 65.9. The van der Waals surface area contributed by atoms with Crippen LogP contribution in [0.3, 0.4) is 0 Å². The summed E-state index contributed by atoms with van der Waals surface area (Å²) in [7, 11) is 0. The summed E-state index contributed by atoms with van der Waals surface area (Å²) in [5, 5.41) is 153. The van der Waals surface area contributed by atoms with Gasteiger partial charge in [-0.25, -0.2) is 0 Å². The molecule has 0 spiro atoms. The maximum atomic E-state index is 13.5. The van der Waals surface area contributed by atoms with Crippen LogP contribution in [0.1, 0.15) is 52.7 Å². The van der Waals surface area contributed by atoms with E-state index in [2.05, 4.69) is 16.0 Å². The quantitative estimate of drug-likeness (QED) is 0.0216. The fourth-order valence-electron chi connectivity index (χ4n) is 13.5. The molecular weight excluding hydrogens is 1560 g/mol. The van der Waals surface area contributed by atoms with Crippen LogP contribution in [0, 0.1) is 0 Å². The molecule has 0 radical (unpaired) electrons. The Kier molecular flexibility index (Phi) is 38.9. The fraction of sp³-hybridized carbons (Fsp3) is 0.817. The van der Waals surface area contributed by atoms with Crippen LogP contribution in [0.5, 0.6) is 0 Å². The number of primary amides is 4. The largest absolute Gasteiger partial charge is 0.387 e. The van der Waals surface area contributed by atoms with Crippen molar-refractivity contribution in [3.63, 3.8) is 0 Å². The summed E-state index contributed by atoms with van der Waals surface area (Å²) in [6.07, 6.45) is -43.8. The van der Waals surface area contributed by atoms with Crippen molar-refractivity contribution in [2.75, 3.05) is 144 Å². The number of rotatable bonds is 38. The molecule has 0 aliphatic carbocycles. The van der Waals surface area contributed by atoms with E-state index in [0.717, 1.165) is 11.1 Å². The molecule has 6 aliphatic rings. The minimum atomic E-state index is -2.09. The Labute approximate surface area is 676 Å². The topological polar surface area (TPSA) is 665 Å². The van der Waals surface area contributed by atoms with Crippen molar-refractivity contribution in [1.82, 2.24) is 35.6 Å². The van der Waals surface area contributed by atoms with Gasteiger partial charge in [0.25, 0.3) is 0 Å². The Bertz CT molecular complexity index is 3240. The number of nitrogens with two attached hydrogens (primary N) is 5. The molecule has 44 nitrogen and oxygen atoms in total. The molecule has 0 bridgehead atoms. The first-order valence-electron chi connectivity index (χ1n) is 38.4. The average molecular weight is 1690 g/mol. The number of nitrogens with zero attached hydrogens (tertiary/aromatic N) is 4.